The molecular formula is C30H46O7. The molecule has 0 radical (unpaired) electrons. The Labute approximate surface area is 221 Å². The largest absolute Gasteiger partial charge is 0.509 e. The molecule has 0 saturated heterocycles. The molecule has 208 valence electrons. The lowest BCUT2D eigenvalue weighted by molar-refractivity contribution is -0.192. The molecular weight excluding hydrogens is 472 g/mol. The maximum atomic E-state index is 13.8. The molecule has 1 fully saturated rings. The van der Waals surface area contributed by atoms with Crippen molar-refractivity contribution in [1.29, 1.82) is 0 Å². The SMILES string of the molecule is C=C(C)[C@H](CC=C(C)C)CC1=C(O)[C@]2(O)C[C@@H](C(=O)C(C)(C)O)C(C)(C)[C@@H](C2=O)[C@]1(O)C(=O)CC(C)C. The topological polar surface area (TPSA) is 132 Å². The van der Waals surface area contributed by atoms with Crippen molar-refractivity contribution in [2.45, 2.75) is 105 Å². The lowest BCUT2D eigenvalue weighted by Gasteiger charge is -2.58. The van der Waals surface area contributed by atoms with Gasteiger partial charge in [-0.05, 0) is 64.7 Å². The summed E-state index contributed by atoms with van der Waals surface area (Å²) in [5, 5.41) is 46.0. The number of hydrogen-bond donors (Lipinski definition) is 4. The molecule has 4 N–H and O–H groups in total. The Bertz CT molecular complexity index is 1030. The summed E-state index contributed by atoms with van der Waals surface area (Å²) in [6.07, 6.45) is 2.02. The fourth-order valence-corrected chi connectivity index (χ4v) is 6.03. The van der Waals surface area contributed by atoms with E-state index in [0.29, 0.717) is 6.42 Å². The van der Waals surface area contributed by atoms with Gasteiger partial charge in [0.15, 0.2) is 28.6 Å². The van der Waals surface area contributed by atoms with Gasteiger partial charge < -0.3 is 20.4 Å². The molecule has 0 spiro atoms. The Morgan fingerprint density at radius 3 is 2.14 bits per heavy atom. The van der Waals surface area contributed by atoms with Crippen molar-refractivity contribution in [2.75, 3.05) is 0 Å². The molecule has 0 aromatic carbocycles. The molecule has 0 heterocycles. The van der Waals surface area contributed by atoms with E-state index in [9.17, 15) is 34.8 Å². The number of aliphatic hydroxyl groups is 4. The Kier molecular flexibility index (Phi) is 8.61. The first-order chi connectivity index (χ1) is 16.6. The molecule has 2 bridgehead atoms. The normalized spacial score (nSPS) is 30.2. The van der Waals surface area contributed by atoms with Gasteiger partial charge in [0.25, 0.3) is 0 Å². The fraction of sp³-hybridized carbons (Fsp3) is 0.700. The molecule has 0 amide bonds. The van der Waals surface area contributed by atoms with Crippen LogP contribution in [-0.2, 0) is 14.4 Å². The van der Waals surface area contributed by atoms with Gasteiger partial charge in [-0.3, -0.25) is 14.4 Å². The maximum absolute atomic E-state index is 13.8. The number of fused-ring (bicyclic) bond motifs is 2. The van der Waals surface area contributed by atoms with E-state index >= 15 is 0 Å². The molecule has 0 aliphatic heterocycles. The Morgan fingerprint density at radius 2 is 1.70 bits per heavy atom. The van der Waals surface area contributed by atoms with E-state index in [-0.39, 0.29) is 30.3 Å². The summed E-state index contributed by atoms with van der Waals surface area (Å²) < 4.78 is 0. The molecule has 2 aliphatic rings. The van der Waals surface area contributed by atoms with E-state index in [1.54, 1.807) is 13.8 Å². The van der Waals surface area contributed by atoms with Crippen LogP contribution in [0.4, 0.5) is 0 Å². The van der Waals surface area contributed by atoms with Crippen LogP contribution < -0.4 is 0 Å². The number of carbonyl (C=O) groups excluding carboxylic acids is 3. The predicted octanol–water partition coefficient (Wildman–Crippen LogP) is 4.40. The minimum absolute atomic E-state index is 0.0115. The average Bonchev–Trinajstić information content (AvgIpc) is 2.72. The van der Waals surface area contributed by atoms with E-state index in [1.165, 1.54) is 13.8 Å². The summed E-state index contributed by atoms with van der Waals surface area (Å²) in [4.78, 5) is 40.9. The number of Topliss-reactive ketones (excluding diaryl/α,β-unsaturated/α-hetero) is 3. The number of hydrogen-bond acceptors (Lipinski definition) is 7. The van der Waals surface area contributed by atoms with Gasteiger partial charge >= 0.3 is 0 Å². The summed E-state index contributed by atoms with van der Waals surface area (Å²) >= 11 is 0. The van der Waals surface area contributed by atoms with Crippen LogP contribution in [0.3, 0.4) is 0 Å². The fourth-order valence-electron chi connectivity index (χ4n) is 6.03. The van der Waals surface area contributed by atoms with Crippen LogP contribution in [-0.4, -0.2) is 54.6 Å². The monoisotopic (exact) mass is 518 g/mol. The van der Waals surface area contributed by atoms with Gasteiger partial charge in [-0.2, -0.15) is 0 Å². The molecule has 2 rings (SSSR count). The average molecular weight is 519 g/mol. The summed E-state index contributed by atoms with van der Waals surface area (Å²) in [5.41, 5.74) is -6.24. The van der Waals surface area contributed by atoms with E-state index in [2.05, 4.69) is 6.58 Å². The van der Waals surface area contributed by atoms with E-state index in [4.69, 9.17) is 0 Å². The minimum Gasteiger partial charge on any atom is -0.509 e. The molecule has 7 heteroatoms. The zero-order valence-corrected chi connectivity index (χ0v) is 23.9. The Morgan fingerprint density at radius 1 is 1.16 bits per heavy atom. The van der Waals surface area contributed by atoms with Crippen LogP contribution in [0.2, 0.25) is 0 Å². The predicted molar refractivity (Wildman–Crippen MR) is 143 cm³/mol. The van der Waals surface area contributed by atoms with Gasteiger partial charge in [-0.15, -0.1) is 0 Å². The van der Waals surface area contributed by atoms with Crippen LogP contribution in [0.1, 0.15) is 88.0 Å². The molecule has 0 aromatic rings. The smallest absolute Gasteiger partial charge is 0.180 e. The highest BCUT2D eigenvalue weighted by atomic mass is 16.4. The Balaban J connectivity index is 2.88. The summed E-state index contributed by atoms with van der Waals surface area (Å²) in [6.45, 7) is 19.2. The molecule has 2 aliphatic carbocycles. The maximum Gasteiger partial charge on any atom is 0.180 e. The summed E-state index contributed by atoms with van der Waals surface area (Å²) in [5.74, 6) is -5.96. The van der Waals surface area contributed by atoms with Crippen molar-refractivity contribution >= 4 is 17.3 Å². The van der Waals surface area contributed by atoms with Crippen LogP contribution in [0.15, 0.2) is 35.1 Å². The van der Waals surface area contributed by atoms with Gasteiger partial charge in [-0.1, -0.05) is 51.5 Å². The number of rotatable bonds is 10. The first-order valence-corrected chi connectivity index (χ1v) is 13.1. The highest BCUT2D eigenvalue weighted by Gasteiger charge is 2.71. The zero-order valence-electron chi connectivity index (χ0n) is 23.9. The van der Waals surface area contributed by atoms with Crippen LogP contribution >= 0.6 is 0 Å². The number of aliphatic hydroxyl groups excluding tert-OH is 1. The zero-order chi connectivity index (χ0) is 28.9. The third kappa shape index (κ3) is 5.41. The second-order valence-electron chi connectivity index (χ2n) is 13.0. The lowest BCUT2D eigenvalue weighted by Crippen LogP contribution is -2.71. The van der Waals surface area contributed by atoms with Gasteiger partial charge in [0.1, 0.15) is 11.4 Å². The number of allylic oxidation sites excluding steroid dienone is 3. The van der Waals surface area contributed by atoms with Crippen LogP contribution in [0.5, 0.6) is 0 Å². The van der Waals surface area contributed by atoms with Crippen molar-refractivity contribution in [3.05, 3.63) is 35.1 Å². The number of carbonyl (C=O) groups is 3. The van der Waals surface area contributed by atoms with E-state index in [0.717, 1.165) is 11.1 Å². The van der Waals surface area contributed by atoms with Gasteiger partial charge in [0, 0.05) is 24.3 Å². The summed E-state index contributed by atoms with van der Waals surface area (Å²) in [7, 11) is 0. The first kappa shape index (κ1) is 31.1. The van der Waals surface area contributed by atoms with Crippen molar-refractivity contribution in [2.24, 2.45) is 29.1 Å². The van der Waals surface area contributed by atoms with Crippen molar-refractivity contribution in [1.82, 2.24) is 0 Å². The van der Waals surface area contributed by atoms with Crippen molar-refractivity contribution < 1.29 is 34.8 Å². The second-order valence-corrected chi connectivity index (χ2v) is 13.0. The second kappa shape index (κ2) is 10.2. The third-order valence-electron chi connectivity index (χ3n) is 8.26. The minimum atomic E-state index is -2.46. The lowest BCUT2D eigenvalue weighted by atomic mass is 9.46. The first-order valence-electron chi connectivity index (χ1n) is 13.1. The molecule has 37 heavy (non-hydrogen) atoms. The van der Waals surface area contributed by atoms with Gasteiger partial charge in [0.2, 0.25) is 0 Å². The third-order valence-corrected chi connectivity index (χ3v) is 8.26. The van der Waals surface area contributed by atoms with E-state index < -0.39 is 63.6 Å². The van der Waals surface area contributed by atoms with Crippen molar-refractivity contribution in [3.63, 3.8) is 0 Å². The van der Waals surface area contributed by atoms with E-state index in [1.807, 2.05) is 40.7 Å². The molecule has 5 atom stereocenters. The van der Waals surface area contributed by atoms with Crippen LogP contribution in [0.25, 0.3) is 0 Å². The summed E-state index contributed by atoms with van der Waals surface area (Å²) in [6, 6.07) is 0. The molecule has 0 unspecified atom stereocenters. The molecule has 0 aromatic heterocycles. The highest BCUT2D eigenvalue weighted by Crippen LogP contribution is 2.60. The molecule has 1 saturated carbocycles. The van der Waals surface area contributed by atoms with Crippen LogP contribution in [0, 0.1) is 29.1 Å². The Hall–Kier alpha value is -2.09. The quantitative estimate of drug-likeness (QED) is 0.315. The van der Waals surface area contributed by atoms with Gasteiger partial charge in [0.05, 0.1) is 5.92 Å². The van der Waals surface area contributed by atoms with Crippen molar-refractivity contribution in [3.8, 4) is 0 Å². The standard InChI is InChI=1S/C30H46O7/c1-16(2)11-12-19(18(5)6)14-20-25(33)29(36)15-21(24(32)28(9,10)35)27(7,8)23(26(29)34)30(20,37)22(31)13-17(3)4/h11,17,19,21,23,33,35-37H,5,12-15H2,1-4,6-10H3/t19-,21+,23-,29-,30-/m1/s1. The molecule has 7 nitrogen and oxygen atoms in total. The van der Waals surface area contributed by atoms with Gasteiger partial charge in [-0.25, -0.2) is 0 Å². The number of ketones is 3. The highest BCUT2D eigenvalue weighted by molar-refractivity contribution is 6.06.